The van der Waals surface area contributed by atoms with Gasteiger partial charge in [0.25, 0.3) is 0 Å². The lowest BCUT2D eigenvalue weighted by molar-refractivity contribution is 0.0626. The van der Waals surface area contributed by atoms with Crippen molar-refractivity contribution in [3.8, 4) is 0 Å². The molecule has 1 aromatic rings. The number of nitrogens with two attached hydrogens (primary N) is 1. The molecule has 1 unspecified atom stereocenters. The largest absolute Gasteiger partial charge is 0.296 e. The summed E-state index contributed by atoms with van der Waals surface area (Å²) in [5.74, 6) is 5.96. The van der Waals surface area contributed by atoms with E-state index in [4.69, 9.17) is 29.0 Å². The van der Waals surface area contributed by atoms with Gasteiger partial charge >= 0.3 is 0 Å². The van der Waals surface area contributed by atoms with Gasteiger partial charge in [-0.1, -0.05) is 62.0 Å². The zero-order valence-corrected chi connectivity index (χ0v) is 14.3. The highest BCUT2D eigenvalue weighted by Gasteiger charge is 2.45. The maximum atomic E-state index is 6.45. The van der Waals surface area contributed by atoms with E-state index in [0.29, 0.717) is 10.0 Å². The average molecular weight is 330 g/mol. The number of nitrogens with one attached hydrogen (secondary N) is 1. The van der Waals surface area contributed by atoms with E-state index in [2.05, 4.69) is 24.2 Å². The predicted molar refractivity (Wildman–Crippen MR) is 90.6 cm³/mol. The van der Waals surface area contributed by atoms with Crippen molar-refractivity contribution in [2.45, 2.75) is 51.1 Å². The first-order chi connectivity index (χ1) is 10.1. The van der Waals surface area contributed by atoms with E-state index in [1.807, 2.05) is 18.2 Å². The van der Waals surface area contributed by atoms with E-state index in [0.717, 1.165) is 31.5 Å². The number of hydrogen-bond donors (Lipinski definition) is 2. The second kappa shape index (κ2) is 7.30. The van der Waals surface area contributed by atoms with Gasteiger partial charge in [0, 0.05) is 5.54 Å². The van der Waals surface area contributed by atoms with Crippen LogP contribution >= 0.6 is 23.2 Å². The summed E-state index contributed by atoms with van der Waals surface area (Å²) in [6.45, 7) is 6.42. The van der Waals surface area contributed by atoms with Crippen LogP contribution in [0.5, 0.6) is 0 Å². The highest BCUT2D eigenvalue weighted by Crippen LogP contribution is 2.46. The zero-order chi connectivity index (χ0) is 15.5. The Labute approximate surface area is 137 Å². The standard InChI is InChI=1S/C16H25Cl2N3/c1-3-21(4-2)16(10-5-6-11-16)15(20-19)12-8-7-9-13(17)14(12)18/h7-9,15,20H,3-6,10-11,19H2,1-2H3. The molecule has 2 rings (SSSR count). The first-order valence-corrected chi connectivity index (χ1v) is 8.51. The molecule has 5 heteroatoms. The van der Waals surface area contributed by atoms with Gasteiger partial charge in [0.05, 0.1) is 16.1 Å². The topological polar surface area (TPSA) is 41.3 Å². The van der Waals surface area contributed by atoms with Crippen LogP contribution in [0.15, 0.2) is 18.2 Å². The van der Waals surface area contributed by atoms with Gasteiger partial charge in [-0.3, -0.25) is 16.2 Å². The molecule has 1 atom stereocenters. The van der Waals surface area contributed by atoms with Crippen molar-refractivity contribution in [2.24, 2.45) is 5.84 Å². The monoisotopic (exact) mass is 329 g/mol. The van der Waals surface area contributed by atoms with E-state index in [1.54, 1.807) is 0 Å². The fourth-order valence-electron chi connectivity index (χ4n) is 3.91. The third-order valence-corrected chi connectivity index (χ3v) is 5.69. The first-order valence-electron chi connectivity index (χ1n) is 7.75. The van der Waals surface area contributed by atoms with Gasteiger partial charge in [-0.05, 0) is 37.6 Å². The third kappa shape index (κ3) is 3.08. The zero-order valence-electron chi connectivity index (χ0n) is 12.8. The first kappa shape index (κ1) is 17.0. The minimum absolute atomic E-state index is 0.00824. The number of hydrogen-bond acceptors (Lipinski definition) is 3. The van der Waals surface area contributed by atoms with Crippen molar-refractivity contribution in [3.63, 3.8) is 0 Å². The summed E-state index contributed by atoms with van der Waals surface area (Å²) in [6.07, 6.45) is 4.72. The second-order valence-corrected chi connectivity index (χ2v) is 6.51. The van der Waals surface area contributed by atoms with Crippen LogP contribution in [-0.2, 0) is 0 Å². The van der Waals surface area contributed by atoms with Gasteiger partial charge in [0.1, 0.15) is 0 Å². The maximum Gasteiger partial charge on any atom is 0.0658 e. The Bertz CT molecular complexity index is 469. The minimum Gasteiger partial charge on any atom is -0.296 e. The maximum absolute atomic E-state index is 6.45. The molecule has 3 nitrogen and oxygen atoms in total. The van der Waals surface area contributed by atoms with Gasteiger partial charge in [-0.25, -0.2) is 0 Å². The molecule has 118 valence electrons. The Hall–Kier alpha value is -0.320. The van der Waals surface area contributed by atoms with Gasteiger partial charge in [-0.2, -0.15) is 0 Å². The van der Waals surface area contributed by atoms with Crippen molar-refractivity contribution in [2.75, 3.05) is 13.1 Å². The van der Waals surface area contributed by atoms with Crippen LogP contribution in [-0.4, -0.2) is 23.5 Å². The Morgan fingerprint density at radius 2 is 1.86 bits per heavy atom. The molecule has 1 saturated carbocycles. The lowest BCUT2D eigenvalue weighted by Gasteiger charge is -2.46. The Kier molecular flexibility index (Phi) is 5.92. The number of halogens is 2. The molecule has 0 bridgehead atoms. The molecular formula is C16H25Cl2N3. The van der Waals surface area contributed by atoms with E-state index < -0.39 is 0 Å². The highest BCUT2D eigenvalue weighted by molar-refractivity contribution is 6.42. The molecule has 1 aliphatic carbocycles. The summed E-state index contributed by atoms with van der Waals surface area (Å²) in [7, 11) is 0. The minimum atomic E-state index is -0.00824. The van der Waals surface area contributed by atoms with Gasteiger partial charge in [-0.15, -0.1) is 0 Å². The summed E-state index contributed by atoms with van der Waals surface area (Å²) >= 11 is 12.7. The molecule has 1 fully saturated rings. The fraction of sp³-hybridized carbons (Fsp3) is 0.625. The summed E-state index contributed by atoms with van der Waals surface area (Å²) in [5, 5.41) is 1.20. The molecule has 0 aromatic heterocycles. The number of benzene rings is 1. The van der Waals surface area contributed by atoms with Crippen molar-refractivity contribution >= 4 is 23.2 Å². The molecule has 3 N–H and O–H groups in total. The van der Waals surface area contributed by atoms with Gasteiger partial charge in [0.2, 0.25) is 0 Å². The molecule has 0 amide bonds. The summed E-state index contributed by atoms with van der Waals surface area (Å²) in [5.41, 5.74) is 4.05. The van der Waals surface area contributed by atoms with Crippen molar-refractivity contribution in [1.29, 1.82) is 0 Å². The van der Waals surface area contributed by atoms with Crippen LogP contribution in [0.4, 0.5) is 0 Å². The highest BCUT2D eigenvalue weighted by atomic mass is 35.5. The third-order valence-electron chi connectivity index (χ3n) is 4.86. The molecule has 1 aromatic carbocycles. The number of hydrazine groups is 1. The van der Waals surface area contributed by atoms with Crippen LogP contribution in [0.3, 0.4) is 0 Å². The molecular weight excluding hydrogens is 305 g/mol. The normalized spacial score (nSPS) is 19.1. The van der Waals surface area contributed by atoms with E-state index >= 15 is 0 Å². The molecule has 0 aliphatic heterocycles. The SMILES string of the molecule is CCN(CC)C1(C(NN)c2cccc(Cl)c2Cl)CCCC1. The summed E-state index contributed by atoms with van der Waals surface area (Å²) < 4.78 is 0. The van der Waals surface area contributed by atoms with E-state index in [1.165, 1.54) is 12.8 Å². The smallest absolute Gasteiger partial charge is 0.0658 e. The molecule has 0 heterocycles. The average Bonchev–Trinajstić information content (AvgIpc) is 2.96. The quantitative estimate of drug-likeness (QED) is 0.608. The molecule has 0 saturated heterocycles. The van der Waals surface area contributed by atoms with E-state index in [-0.39, 0.29) is 11.6 Å². The van der Waals surface area contributed by atoms with E-state index in [9.17, 15) is 0 Å². The Morgan fingerprint density at radius 1 is 1.24 bits per heavy atom. The van der Waals surface area contributed by atoms with Crippen molar-refractivity contribution in [3.05, 3.63) is 33.8 Å². The Balaban J connectivity index is 2.48. The molecule has 21 heavy (non-hydrogen) atoms. The number of rotatable bonds is 6. The second-order valence-electron chi connectivity index (χ2n) is 5.73. The predicted octanol–water partition coefficient (Wildman–Crippen LogP) is 4.15. The van der Waals surface area contributed by atoms with Crippen LogP contribution in [0.1, 0.15) is 51.1 Å². The van der Waals surface area contributed by atoms with Crippen LogP contribution in [0.25, 0.3) is 0 Å². The number of nitrogens with zero attached hydrogens (tertiary/aromatic N) is 1. The molecule has 0 spiro atoms. The fourth-order valence-corrected chi connectivity index (χ4v) is 4.32. The number of likely N-dealkylation sites (N-methyl/N-ethyl adjacent to an activating group) is 1. The van der Waals surface area contributed by atoms with Gasteiger partial charge < -0.3 is 0 Å². The molecule has 0 radical (unpaired) electrons. The summed E-state index contributed by atoms with van der Waals surface area (Å²) in [4.78, 5) is 2.52. The van der Waals surface area contributed by atoms with Gasteiger partial charge in [0.15, 0.2) is 0 Å². The summed E-state index contributed by atoms with van der Waals surface area (Å²) in [6, 6.07) is 5.78. The van der Waals surface area contributed by atoms with Crippen LogP contribution in [0.2, 0.25) is 10.0 Å². The lowest BCUT2D eigenvalue weighted by Crippen LogP contribution is -2.56. The lowest BCUT2D eigenvalue weighted by atomic mass is 9.82. The van der Waals surface area contributed by atoms with Crippen LogP contribution in [0, 0.1) is 0 Å². The van der Waals surface area contributed by atoms with Crippen LogP contribution < -0.4 is 11.3 Å². The Morgan fingerprint density at radius 3 is 2.38 bits per heavy atom. The van der Waals surface area contributed by atoms with Crippen molar-refractivity contribution in [1.82, 2.24) is 10.3 Å². The van der Waals surface area contributed by atoms with Crippen molar-refractivity contribution < 1.29 is 0 Å². The molecule has 1 aliphatic rings.